The van der Waals surface area contributed by atoms with Crippen molar-refractivity contribution in [2.75, 3.05) is 19.8 Å². The van der Waals surface area contributed by atoms with E-state index in [2.05, 4.69) is 21.9 Å². The molecule has 0 aromatic carbocycles. The van der Waals surface area contributed by atoms with Crippen molar-refractivity contribution in [3.8, 4) is 0 Å². The average molecular weight is 256 g/mol. The van der Waals surface area contributed by atoms with Gasteiger partial charge < -0.3 is 19.7 Å². The lowest BCUT2D eigenvalue weighted by Crippen LogP contribution is -2.27. The minimum absolute atomic E-state index is 0.0547. The first-order chi connectivity index (χ1) is 8.65. The first-order valence-corrected chi connectivity index (χ1v) is 5.71. The molecule has 2 N–H and O–H groups in total. The third-order valence-corrected chi connectivity index (χ3v) is 2.13. The Morgan fingerprint density at radius 1 is 1.50 bits per heavy atom. The Morgan fingerprint density at radius 3 is 2.89 bits per heavy atom. The van der Waals surface area contributed by atoms with Gasteiger partial charge in [0.15, 0.2) is 5.69 Å². The van der Waals surface area contributed by atoms with Crippen LogP contribution in [-0.2, 0) is 4.74 Å². The monoisotopic (exact) mass is 256 g/mol. The van der Waals surface area contributed by atoms with Gasteiger partial charge in [0.05, 0.1) is 6.61 Å². The summed E-state index contributed by atoms with van der Waals surface area (Å²) in [7, 11) is 0. The van der Waals surface area contributed by atoms with Gasteiger partial charge in [0.25, 0.3) is 5.91 Å². The molecule has 7 nitrogen and oxygen atoms in total. The predicted octanol–water partition coefficient (Wildman–Crippen LogP) is 0.919. The highest BCUT2D eigenvalue weighted by atomic mass is 16.5. The van der Waals surface area contributed by atoms with Crippen LogP contribution in [0.1, 0.15) is 40.8 Å². The van der Waals surface area contributed by atoms with Gasteiger partial charge in [0.2, 0.25) is 5.76 Å². The number of amides is 1. The highest BCUT2D eigenvalue weighted by molar-refractivity contribution is 5.94. The van der Waals surface area contributed by atoms with Gasteiger partial charge in [0, 0.05) is 19.2 Å². The zero-order valence-electron chi connectivity index (χ0n) is 10.1. The molecule has 1 amide bonds. The smallest absolute Gasteiger partial charge is 0.374 e. The lowest BCUT2D eigenvalue weighted by Gasteiger charge is -2.03. The maximum absolute atomic E-state index is 11.5. The van der Waals surface area contributed by atoms with E-state index in [1.165, 1.54) is 0 Å². The summed E-state index contributed by atoms with van der Waals surface area (Å²) < 4.78 is 9.72. The van der Waals surface area contributed by atoms with Gasteiger partial charge in [-0.2, -0.15) is 0 Å². The number of nitrogens with one attached hydrogen (secondary N) is 1. The lowest BCUT2D eigenvalue weighted by molar-refractivity contribution is 0.0651. The van der Waals surface area contributed by atoms with Crippen LogP contribution in [0.3, 0.4) is 0 Å². The topological polar surface area (TPSA) is 102 Å². The fraction of sp³-hybridized carbons (Fsp3) is 0.545. The van der Waals surface area contributed by atoms with Crippen LogP contribution in [0, 0.1) is 0 Å². The van der Waals surface area contributed by atoms with Crippen molar-refractivity contribution < 1.29 is 24.0 Å². The predicted molar refractivity (Wildman–Crippen MR) is 61.5 cm³/mol. The van der Waals surface area contributed by atoms with Gasteiger partial charge in [-0.1, -0.05) is 18.5 Å². The van der Waals surface area contributed by atoms with E-state index in [0.29, 0.717) is 19.8 Å². The largest absolute Gasteiger partial charge is 0.475 e. The Balaban J connectivity index is 2.25. The molecule has 0 atom stereocenters. The van der Waals surface area contributed by atoms with Crippen LogP contribution in [0.4, 0.5) is 0 Å². The first kappa shape index (κ1) is 14.2. The summed E-state index contributed by atoms with van der Waals surface area (Å²) >= 11 is 0. The summed E-state index contributed by atoms with van der Waals surface area (Å²) in [4.78, 5) is 22.0. The third kappa shape index (κ3) is 4.54. The van der Waals surface area contributed by atoms with Gasteiger partial charge in [-0.05, 0) is 6.42 Å². The number of ether oxygens (including phenoxy) is 1. The molecule has 0 aliphatic carbocycles. The highest BCUT2D eigenvalue weighted by Gasteiger charge is 2.15. The number of carbonyl (C=O) groups excluding carboxylic acids is 1. The van der Waals surface area contributed by atoms with Gasteiger partial charge >= 0.3 is 5.97 Å². The number of hydrogen-bond donors (Lipinski definition) is 2. The van der Waals surface area contributed by atoms with Crippen molar-refractivity contribution in [3.63, 3.8) is 0 Å². The SMILES string of the molecule is CCCCOCCNC(=O)c1cc(C(=O)O)on1. The summed E-state index contributed by atoms with van der Waals surface area (Å²) in [5.74, 6) is -2.10. The van der Waals surface area contributed by atoms with Crippen LogP contribution in [0.25, 0.3) is 0 Å². The van der Waals surface area contributed by atoms with E-state index in [4.69, 9.17) is 9.84 Å². The Morgan fingerprint density at radius 2 is 2.28 bits per heavy atom. The molecule has 0 unspecified atom stereocenters. The molecular weight excluding hydrogens is 240 g/mol. The number of carboxylic acid groups (broad SMARTS) is 1. The third-order valence-electron chi connectivity index (χ3n) is 2.13. The van der Waals surface area contributed by atoms with Crippen LogP contribution >= 0.6 is 0 Å². The van der Waals surface area contributed by atoms with E-state index in [9.17, 15) is 9.59 Å². The summed E-state index contributed by atoms with van der Waals surface area (Å²) in [6.07, 6.45) is 2.04. The summed E-state index contributed by atoms with van der Waals surface area (Å²) in [5.41, 5.74) is -0.0547. The molecule has 100 valence electrons. The number of carbonyl (C=O) groups is 2. The number of hydrogen-bond acceptors (Lipinski definition) is 5. The van der Waals surface area contributed by atoms with Gasteiger partial charge in [-0.25, -0.2) is 4.79 Å². The van der Waals surface area contributed by atoms with Crippen LogP contribution in [0.2, 0.25) is 0 Å². The second kappa shape index (κ2) is 7.44. The molecule has 0 aliphatic heterocycles. The maximum atomic E-state index is 11.5. The summed E-state index contributed by atoms with van der Waals surface area (Å²) in [5, 5.41) is 14.5. The van der Waals surface area contributed by atoms with E-state index in [-0.39, 0.29) is 11.5 Å². The van der Waals surface area contributed by atoms with Crippen molar-refractivity contribution in [1.29, 1.82) is 0 Å². The number of unbranched alkanes of at least 4 members (excludes halogenated alkanes) is 1. The zero-order chi connectivity index (χ0) is 13.4. The minimum atomic E-state index is -1.26. The molecule has 0 radical (unpaired) electrons. The molecule has 1 aromatic rings. The van der Waals surface area contributed by atoms with Crippen molar-refractivity contribution in [2.45, 2.75) is 19.8 Å². The van der Waals surface area contributed by atoms with Gasteiger partial charge in [-0.3, -0.25) is 4.79 Å². The van der Waals surface area contributed by atoms with Gasteiger partial charge in [-0.15, -0.1) is 0 Å². The molecule has 0 saturated heterocycles. The Kier molecular flexibility index (Phi) is 5.86. The molecule has 0 saturated carbocycles. The van der Waals surface area contributed by atoms with E-state index in [0.717, 1.165) is 18.9 Å². The number of aromatic nitrogens is 1. The average Bonchev–Trinajstić information content (AvgIpc) is 2.83. The molecule has 0 fully saturated rings. The second-order valence-electron chi connectivity index (χ2n) is 3.60. The fourth-order valence-electron chi connectivity index (χ4n) is 1.16. The molecule has 7 heteroatoms. The van der Waals surface area contributed by atoms with Crippen LogP contribution in [0.5, 0.6) is 0 Å². The van der Waals surface area contributed by atoms with Gasteiger partial charge in [0.1, 0.15) is 0 Å². The molecule has 1 heterocycles. The Bertz CT molecular complexity index is 402. The first-order valence-electron chi connectivity index (χ1n) is 5.71. The standard InChI is InChI=1S/C11H16N2O5/c1-2-3-5-17-6-4-12-10(14)8-7-9(11(15)16)18-13-8/h7H,2-6H2,1H3,(H,12,14)(H,15,16). The summed E-state index contributed by atoms with van der Waals surface area (Å²) in [6, 6.07) is 1.08. The van der Waals surface area contributed by atoms with E-state index < -0.39 is 11.9 Å². The van der Waals surface area contributed by atoms with Crippen LogP contribution < -0.4 is 5.32 Å². The highest BCUT2D eigenvalue weighted by Crippen LogP contribution is 2.02. The minimum Gasteiger partial charge on any atom is -0.475 e. The van der Waals surface area contributed by atoms with Crippen molar-refractivity contribution in [3.05, 3.63) is 17.5 Å². The number of aromatic carboxylic acids is 1. The second-order valence-corrected chi connectivity index (χ2v) is 3.60. The number of carboxylic acids is 1. The fourth-order valence-corrected chi connectivity index (χ4v) is 1.16. The lowest BCUT2D eigenvalue weighted by atomic mass is 10.3. The molecule has 0 spiro atoms. The number of rotatable bonds is 8. The molecule has 0 aliphatic rings. The molecule has 1 aromatic heterocycles. The van der Waals surface area contributed by atoms with E-state index >= 15 is 0 Å². The maximum Gasteiger partial charge on any atom is 0.374 e. The Hall–Kier alpha value is -1.89. The number of nitrogens with zero attached hydrogens (tertiary/aromatic N) is 1. The summed E-state index contributed by atoms with van der Waals surface area (Å²) in [6.45, 7) is 3.49. The van der Waals surface area contributed by atoms with Crippen molar-refractivity contribution in [2.24, 2.45) is 0 Å². The Labute approximate surface area is 104 Å². The zero-order valence-corrected chi connectivity index (χ0v) is 10.1. The van der Waals surface area contributed by atoms with Crippen LogP contribution in [0.15, 0.2) is 10.6 Å². The normalized spacial score (nSPS) is 10.3. The molecule has 0 bridgehead atoms. The van der Waals surface area contributed by atoms with E-state index in [1.54, 1.807) is 0 Å². The molecular formula is C11H16N2O5. The van der Waals surface area contributed by atoms with Crippen molar-refractivity contribution in [1.82, 2.24) is 10.5 Å². The quantitative estimate of drug-likeness (QED) is 0.670. The van der Waals surface area contributed by atoms with Crippen molar-refractivity contribution >= 4 is 11.9 Å². The molecule has 18 heavy (non-hydrogen) atoms. The molecule has 1 rings (SSSR count). The van der Waals surface area contributed by atoms with E-state index in [1.807, 2.05) is 0 Å². The van der Waals surface area contributed by atoms with Crippen LogP contribution in [-0.4, -0.2) is 41.9 Å².